The summed E-state index contributed by atoms with van der Waals surface area (Å²) in [6.07, 6.45) is 4.40. The van der Waals surface area contributed by atoms with Crippen LogP contribution in [0.2, 0.25) is 10.0 Å². The quantitative estimate of drug-likeness (QED) is 0.487. The predicted molar refractivity (Wildman–Crippen MR) is 137 cm³/mol. The minimum atomic E-state index is -0.724. The van der Waals surface area contributed by atoms with Gasteiger partial charge >= 0.3 is 5.97 Å². The molecule has 0 spiro atoms. The summed E-state index contributed by atoms with van der Waals surface area (Å²) in [7, 11) is 0. The molecule has 8 nitrogen and oxygen atoms in total. The summed E-state index contributed by atoms with van der Waals surface area (Å²) in [5.41, 5.74) is 3.31. The monoisotopic (exact) mass is 516 g/mol. The minimum absolute atomic E-state index is 0.122. The second-order valence-electron chi connectivity index (χ2n) is 9.78. The first-order valence-corrected chi connectivity index (χ1v) is 12.9. The summed E-state index contributed by atoms with van der Waals surface area (Å²) in [5, 5.41) is 14.9. The molecule has 2 aliphatic heterocycles. The van der Waals surface area contributed by atoms with Crippen molar-refractivity contribution in [1.82, 2.24) is 24.6 Å². The second kappa shape index (κ2) is 9.91. The van der Waals surface area contributed by atoms with Crippen molar-refractivity contribution < 1.29 is 9.90 Å². The highest BCUT2D eigenvalue weighted by molar-refractivity contribution is 6.35. The van der Waals surface area contributed by atoms with Crippen LogP contribution in [0.3, 0.4) is 0 Å². The van der Waals surface area contributed by atoms with E-state index in [2.05, 4.69) is 9.80 Å². The molecule has 2 atom stereocenters. The molecule has 2 saturated heterocycles. The molecule has 0 amide bonds. The van der Waals surface area contributed by atoms with Gasteiger partial charge in [0.25, 0.3) is 0 Å². The Morgan fingerprint density at radius 3 is 2.77 bits per heavy atom. The largest absolute Gasteiger partial charge is 0.481 e. The van der Waals surface area contributed by atoms with Gasteiger partial charge in [-0.05, 0) is 62.8 Å². The molecule has 2 aliphatic rings. The van der Waals surface area contributed by atoms with Crippen LogP contribution in [0.5, 0.6) is 0 Å². The first-order valence-electron chi connectivity index (χ1n) is 12.2. The highest BCUT2D eigenvalue weighted by Crippen LogP contribution is 2.35. The summed E-state index contributed by atoms with van der Waals surface area (Å²) in [5.74, 6) is 1.34. The molecule has 0 bridgehead atoms. The summed E-state index contributed by atoms with van der Waals surface area (Å²) in [6, 6.07) is 5.39. The number of hydrogen-bond donors (Lipinski definition) is 1. The maximum atomic E-state index is 10.9. The van der Waals surface area contributed by atoms with E-state index >= 15 is 0 Å². The number of aliphatic carboxylic acids is 1. The Hall–Kier alpha value is -2.42. The molecule has 4 heterocycles. The molecule has 2 aromatic heterocycles. The van der Waals surface area contributed by atoms with Crippen molar-refractivity contribution >= 4 is 46.2 Å². The number of carboxylic acid groups (broad SMARTS) is 1. The number of carbonyl (C=O) groups is 1. The molecule has 1 N–H and O–H groups in total. The van der Waals surface area contributed by atoms with Crippen molar-refractivity contribution in [3.8, 4) is 0 Å². The van der Waals surface area contributed by atoms with Gasteiger partial charge in [-0.2, -0.15) is 5.10 Å². The third kappa shape index (κ3) is 4.97. The molecule has 10 heteroatoms. The van der Waals surface area contributed by atoms with E-state index in [1.807, 2.05) is 36.9 Å². The van der Waals surface area contributed by atoms with Gasteiger partial charge in [0.15, 0.2) is 5.65 Å². The molecule has 35 heavy (non-hydrogen) atoms. The zero-order valence-corrected chi connectivity index (χ0v) is 21.5. The molecule has 1 unspecified atom stereocenters. The van der Waals surface area contributed by atoms with Crippen molar-refractivity contribution in [3.05, 3.63) is 45.7 Å². The summed E-state index contributed by atoms with van der Waals surface area (Å²) < 4.78 is 1.90. The third-order valence-electron chi connectivity index (χ3n) is 7.42. The number of anilines is 1. The molecule has 1 aromatic carbocycles. The molecule has 2 fully saturated rings. The number of carboxylic acids is 1. The van der Waals surface area contributed by atoms with Gasteiger partial charge < -0.3 is 14.9 Å². The smallest absolute Gasteiger partial charge is 0.304 e. The number of rotatable bonds is 7. The van der Waals surface area contributed by atoms with Gasteiger partial charge in [0.05, 0.1) is 24.4 Å². The highest BCUT2D eigenvalue weighted by Gasteiger charge is 2.36. The van der Waals surface area contributed by atoms with Crippen LogP contribution in [0, 0.1) is 18.8 Å². The number of benzene rings is 1. The van der Waals surface area contributed by atoms with Gasteiger partial charge in [-0.1, -0.05) is 29.3 Å². The van der Waals surface area contributed by atoms with Gasteiger partial charge in [0.2, 0.25) is 0 Å². The lowest BCUT2D eigenvalue weighted by atomic mass is 9.80. The van der Waals surface area contributed by atoms with Crippen LogP contribution in [-0.2, 0) is 4.79 Å². The highest BCUT2D eigenvalue weighted by atomic mass is 35.5. The Morgan fingerprint density at radius 2 is 2.03 bits per heavy atom. The third-order valence-corrected chi connectivity index (χ3v) is 7.98. The van der Waals surface area contributed by atoms with Gasteiger partial charge in [-0.15, -0.1) is 0 Å². The average molecular weight is 517 g/mol. The molecule has 0 radical (unpaired) electrons. The van der Waals surface area contributed by atoms with Crippen LogP contribution in [0.15, 0.2) is 24.4 Å². The number of aromatic nitrogens is 4. The SMILES string of the molecule is Cc1nn(C(C)c2ccc(Cl)cc2Cl)c2nc(N3CC([C@@H]4CCCN(CCC(=O)O)C4)C3)cnc12. The lowest BCUT2D eigenvalue weighted by molar-refractivity contribution is -0.137. The van der Waals surface area contributed by atoms with Crippen molar-refractivity contribution in [3.63, 3.8) is 0 Å². The minimum Gasteiger partial charge on any atom is -0.481 e. The van der Waals surface area contributed by atoms with Crippen molar-refractivity contribution in [2.75, 3.05) is 37.6 Å². The van der Waals surface area contributed by atoms with Crippen LogP contribution >= 0.6 is 23.2 Å². The van der Waals surface area contributed by atoms with Crippen molar-refractivity contribution in [2.45, 2.75) is 39.2 Å². The fourth-order valence-corrected chi connectivity index (χ4v) is 5.93. The van der Waals surface area contributed by atoms with E-state index in [1.54, 1.807) is 6.07 Å². The fourth-order valence-electron chi connectivity index (χ4n) is 5.37. The normalized spacial score (nSPS) is 20.2. The number of likely N-dealkylation sites (tertiary alicyclic amines) is 1. The van der Waals surface area contributed by atoms with Crippen LogP contribution in [0.1, 0.15) is 43.5 Å². The van der Waals surface area contributed by atoms with Crippen molar-refractivity contribution in [1.29, 1.82) is 0 Å². The Bertz CT molecular complexity index is 1240. The average Bonchev–Trinajstić information content (AvgIpc) is 3.12. The van der Waals surface area contributed by atoms with E-state index in [1.165, 1.54) is 6.42 Å². The van der Waals surface area contributed by atoms with Gasteiger partial charge in [-0.3, -0.25) is 4.79 Å². The maximum absolute atomic E-state index is 10.9. The molecule has 0 saturated carbocycles. The lowest BCUT2D eigenvalue weighted by Gasteiger charge is -2.47. The van der Waals surface area contributed by atoms with E-state index in [9.17, 15) is 4.79 Å². The Kier molecular flexibility index (Phi) is 6.88. The molecular weight excluding hydrogens is 487 g/mol. The Balaban J connectivity index is 1.30. The van der Waals surface area contributed by atoms with Crippen molar-refractivity contribution in [2.24, 2.45) is 11.8 Å². The van der Waals surface area contributed by atoms with Crippen LogP contribution in [0.4, 0.5) is 5.82 Å². The fraction of sp³-hybridized carbons (Fsp3) is 0.520. The first-order chi connectivity index (χ1) is 16.8. The number of fused-ring (bicyclic) bond motifs is 1. The van der Waals surface area contributed by atoms with Crippen LogP contribution in [0.25, 0.3) is 11.2 Å². The number of piperidine rings is 1. The standard InChI is InChI=1S/C25H30Cl2N6O2/c1-15-24-25(33(30-15)16(2)20-6-5-19(26)10-21(20)27)29-22(11-28-24)32-13-18(14-32)17-4-3-8-31(12-17)9-7-23(34)35/h5-6,10-11,16-18H,3-4,7-9,12-14H2,1-2H3,(H,34,35)/t16?,17-/m1/s1. The Morgan fingerprint density at radius 1 is 1.23 bits per heavy atom. The van der Waals surface area contributed by atoms with Crippen LogP contribution < -0.4 is 4.90 Å². The van der Waals surface area contributed by atoms with Gasteiger partial charge in [-0.25, -0.2) is 14.6 Å². The number of aryl methyl sites for hydroxylation is 1. The maximum Gasteiger partial charge on any atom is 0.304 e. The van der Waals surface area contributed by atoms with E-state index < -0.39 is 5.97 Å². The first kappa shape index (κ1) is 24.3. The molecule has 3 aromatic rings. The zero-order chi connectivity index (χ0) is 24.7. The number of hydrogen-bond acceptors (Lipinski definition) is 6. The molecule has 0 aliphatic carbocycles. The lowest BCUT2D eigenvalue weighted by Crippen LogP contribution is -2.54. The predicted octanol–water partition coefficient (Wildman–Crippen LogP) is 4.67. The second-order valence-corrected chi connectivity index (χ2v) is 10.6. The molecule has 186 valence electrons. The van der Waals surface area contributed by atoms with Gasteiger partial charge in [0, 0.05) is 36.2 Å². The molecular formula is C25H30Cl2N6O2. The summed E-state index contributed by atoms with van der Waals surface area (Å²) in [6.45, 7) is 8.52. The van der Waals surface area contributed by atoms with E-state index in [0.29, 0.717) is 28.4 Å². The molecule has 5 rings (SSSR count). The Labute approximate surface area is 214 Å². The zero-order valence-electron chi connectivity index (χ0n) is 20.0. The summed E-state index contributed by atoms with van der Waals surface area (Å²) in [4.78, 5) is 25.2. The topological polar surface area (TPSA) is 87.4 Å². The number of nitrogens with zero attached hydrogens (tertiary/aromatic N) is 6. The van der Waals surface area contributed by atoms with Gasteiger partial charge in [0.1, 0.15) is 11.3 Å². The summed E-state index contributed by atoms with van der Waals surface area (Å²) >= 11 is 12.6. The van der Waals surface area contributed by atoms with E-state index in [4.69, 9.17) is 43.4 Å². The number of halogens is 2. The van der Waals surface area contributed by atoms with E-state index in [-0.39, 0.29) is 12.5 Å². The van der Waals surface area contributed by atoms with E-state index in [0.717, 1.165) is 60.8 Å². The van der Waals surface area contributed by atoms with Crippen LogP contribution in [-0.4, -0.2) is 68.4 Å².